The lowest BCUT2D eigenvalue weighted by molar-refractivity contribution is 0.568. The molecule has 0 radical (unpaired) electrons. The van der Waals surface area contributed by atoms with Gasteiger partial charge in [0.05, 0.1) is 0 Å². The van der Waals surface area contributed by atoms with Crippen molar-refractivity contribution in [3.8, 4) is 0 Å². The molecule has 2 heterocycles. The van der Waals surface area contributed by atoms with Gasteiger partial charge in [0.2, 0.25) is 5.95 Å². The zero-order valence-corrected chi connectivity index (χ0v) is 11.6. The molecule has 3 rings (SSSR count). The van der Waals surface area contributed by atoms with Crippen LogP contribution >= 0.6 is 0 Å². The Labute approximate surface area is 114 Å². The van der Waals surface area contributed by atoms with Crippen LogP contribution in [0.2, 0.25) is 0 Å². The van der Waals surface area contributed by atoms with Crippen LogP contribution in [0, 0.1) is 11.8 Å². The molecule has 2 aliphatic rings. The van der Waals surface area contributed by atoms with Crippen LogP contribution in [0.5, 0.6) is 0 Å². The molecule has 0 amide bonds. The smallest absolute Gasteiger partial charge is 0.223 e. The summed E-state index contributed by atoms with van der Waals surface area (Å²) in [6.07, 6.45) is 5.17. The minimum absolute atomic E-state index is 0.371. The molecule has 0 spiro atoms. The summed E-state index contributed by atoms with van der Waals surface area (Å²) in [7, 11) is 0. The predicted molar refractivity (Wildman–Crippen MR) is 78.3 cm³/mol. The van der Waals surface area contributed by atoms with Crippen molar-refractivity contribution in [2.24, 2.45) is 11.8 Å². The van der Waals surface area contributed by atoms with Crippen molar-refractivity contribution in [3.05, 3.63) is 6.07 Å². The van der Waals surface area contributed by atoms with E-state index in [1.807, 2.05) is 6.07 Å². The van der Waals surface area contributed by atoms with Crippen LogP contribution in [-0.2, 0) is 0 Å². The minimum atomic E-state index is 0.371. The van der Waals surface area contributed by atoms with Crippen LogP contribution in [-0.4, -0.2) is 29.6 Å². The zero-order valence-electron chi connectivity index (χ0n) is 11.6. The van der Waals surface area contributed by atoms with Crippen LogP contribution in [0.4, 0.5) is 17.6 Å². The van der Waals surface area contributed by atoms with Gasteiger partial charge < -0.3 is 16.0 Å². The summed E-state index contributed by atoms with van der Waals surface area (Å²) in [6, 6.07) is 2.04. The van der Waals surface area contributed by atoms with Crippen LogP contribution < -0.4 is 16.0 Å². The van der Waals surface area contributed by atoms with Gasteiger partial charge in [-0.25, -0.2) is 0 Å². The van der Waals surface area contributed by atoms with Gasteiger partial charge in [0, 0.05) is 25.7 Å². The molecule has 1 atom stereocenters. The maximum absolute atomic E-state index is 5.83. The molecule has 1 aromatic heterocycles. The summed E-state index contributed by atoms with van der Waals surface area (Å²) >= 11 is 0. The Hall–Kier alpha value is -1.52. The zero-order chi connectivity index (χ0) is 13.2. The van der Waals surface area contributed by atoms with Crippen molar-refractivity contribution in [1.29, 1.82) is 0 Å². The molecule has 0 unspecified atom stereocenters. The molecule has 1 aliphatic carbocycles. The fraction of sp³-hybridized carbons (Fsp3) is 0.714. The summed E-state index contributed by atoms with van der Waals surface area (Å²) in [5, 5.41) is 3.38. The van der Waals surface area contributed by atoms with E-state index < -0.39 is 0 Å². The summed E-state index contributed by atoms with van der Waals surface area (Å²) < 4.78 is 0. The number of nitrogens with zero attached hydrogens (tertiary/aromatic N) is 3. The summed E-state index contributed by atoms with van der Waals surface area (Å²) in [5.41, 5.74) is 5.83. The third-order valence-electron chi connectivity index (χ3n) is 4.19. The first-order valence-corrected chi connectivity index (χ1v) is 7.38. The van der Waals surface area contributed by atoms with E-state index in [0.717, 1.165) is 43.1 Å². The molecule has 19 heavy (non-hydrogen) atoms. The summed E-state index contributed by atoms with van der Waals surface area (Å²) in [6.45, 7) is 5.44. The van der Waals surface area contributed by atoms with Gasteiger partial charge in [-0.1, -0.05) is 13.3 Å². The highest BCUT2D eigenvalue weighted by Crippen LogP contribution is 2.30. The first-order chi connectivity index (χ1) is 9.24. The highest BCUT2D eigenvalue weighted by molar-refractivity contribution is 5.53. The second kappa shape index (κ2) is 5.23. The molecule has 1 aliphatic heterocycles. The molecule has 5 nitrogen and oxygen atoms in total. The largest absolute Gasteiger partial charge is 0.370 e. The van der Waals surface area contributed by atoms with Crippen LogP contribution in [0.3, 0.4) is 0 Å². The van der Waals surface area contributed by atoms with Gasteiger partial charge in [0.1, 0.15) is 11.6 Å². The molecular formula is C14H23N5. The van der Waals surface area contributed by atoms with Crippen molar-refractivity contribution in [2.45, 2.75) is 32.6 Å². The van der Waals surface area contributed by atoms with Crippen molar-refractivity contribution < 1.29 is 0 Å². The maximum atomic E-state index is 5.83. The standard InChI is InChI=1S/C14H23N5/c1-2-10-5-6-19(9-10)13-7-12(17-14(15)18-13)16-8-11-3-4-11/h7,10-11H,2-6,8-9H2,1H3,(H3,15,16,17,18)/t10-/m1/s1. The maximum Gasteiger partial charge on any atom is 0.223 e. The van der Waals surface area contributed by atoms with Crippen LogP contribution in [0.25, 0.3) is 0 Å². The van der Waals surface area contributed by atoms with Gasteiger partial charge in [-0.3, -0.25) is 0 Å². The second-order valence-electron chi connectivity index (χ2n) is 5.80. The molecule has 5 heteroatoms. The van der Waals surface area contributed by atoms with Gasteiger partial charge in [0.15, 0.2) is 0 Å². The fourth-order valence-electron chi connectivity index (χ4n) is 2.65. The molecule has 1 aromatic rings. The van der Waals surface area contributed by atoms with E-state index in [9.17, 15) is 0 Å². The third kappa shape index (κ3) is 3.08. The number of nitrogens with two attached hydrogens (primary N) is 1. The van der Waals surface area contributed by atoms with E-state index in [4.69, 9.17) is 5.73 Å². The van der Waals surface area contributed by atoms with E-state index >= 15 is 0 Å². The van der Waals surface area contributed by atoms with Crippen LogP contribution in [0.15, 0.2) is 6.07 Å². The van der Waals surface area contributed by atoms with E-state index in [-0.39, 0.29) is 0 Å². The first-order valence-electron chi connectivity index (χ1n) is 7.38. The number of hydrogen-bond acceptors (Lipinski definition) is 5. The summed E-state index contributed by atoms with van der Waals surface area (Å²) in [4.78, 5) is 11.0. The van der Waals surface area contributed by atoms with E-state index in [2.05, 4.69) is 27.1 Å². The summed E-state index contributed by atoms with van der Waals surface area (Å²) in [5.74, 6) is 3.84. The first kappa shape index (κ1) is 12.5. The quantitative estimate of drug-likeness (QED) is 0.850. The molecule has 104 valence electrons. The number of aromatic nitrogens is 2. The Morgan fingerprint density at radius 3 is 2.84 bits per heavy atom. The number of rotatable bonds is 5. The van der Waals surface area contributed by atoms with E-state index in [1.165, 1.54) is 25.7 Å². The van der Waals surface area contributed by atoms with Crippen molar-refractivity contribution in [2.75, 3.05) is 35.6 Å². The Balaban J connectivity index is 1.69. The van der Waals surface area contributed by atoms with Gasteiger partial charge in [-0.05, 0) is 31.1 Å². The normalized spacial score (nSPS) is 22.8. The lowest BCUT2D eigenvalue weighted by Gasteiger charge is -2.18. The van der Waals surface area contributed by atoms with Gasteiger partial charge in [-0.2, -0.15) is 9.97 Å². The average molecular weight is 261 g/mol. The van der Waals surface area contributed by atoms with Crippen molar-refractivity contribution >= 4 is 17.6 Å². The predicted octanol–water partition coefficient (Wildman–Crippen LogP) is 2.12. The Morgan fingerprint density at radius 2 is 2.16 bits per heavy atom. The molecule has 0 bridgehead atoms. The number of anilines is 3. The molecule has 1 saturated carbocycles. The lowest BCUT2D eigenvalue weighted by atomic mass is 10.1. The highest BCUT2D eigenvalue weighted by Gasteiger charge is 2.24. The molecule has 1 saturated heterocycles. The number of hydrogen-bond donors (Lipinski definition) is 2. The Bertz CT molecular complexity index is 443. The van der Waals surface area contributed by atoms with Gasteiger partial charge in [0.25, 0.3) is 0 Å². The lowest BCUT2D eigenvalue weighted by Crippen LogP contribution is -2.22. The average Bonchev–Trinajstić information content (AvgIpc) is 3.11. The molecule has 0 aromatic carbocycles. The van der Waals surface area contributed by atoms with Gasteiger partial charge >= 0.3 is 0 Å². The van der Waals surface area contributed by atoms with E-state index in [1.54, 1.807) is 0 Å². The van der Waals surface area contributed by atoms with Crippen LogP contribution in [0.1, 0.15) is 32.6 Å². The fourth-order valence-corrected chi connectivity index (χ4v) is 2.65. The third-order valence-corrected chi connectivity index (χ3v) is 4.19. The molecule has 3 N–H and O–H groups in total. The van der Waals surface area contributed by atoms with E-state index in [0.29, 0.717) is 5.95 Å². The SMILES string of the molecule is CC[C@@H]1CCN(c2cc(NCC3CC3)nc(N)n2)C1. The van der Waals surface area contributed by atoms with Crippen molar-refractivity contribution in [1.82, 2.24) is 9.97 Å². The monoisotopic (exact) mass is 261 g/mol. The second-order valence-corrected chi connectivity index (χ2v) is 5.80. The topological polar surface area (TPSA) is 67.1 Å². The van der Waals surface area contributed by atoms with Crippen molar-refractivity contribution in [3.63, 3.8) is 0 Å². The Morgan fingerprint density at radius 1 is 1.32 bits per heavy atom. The highest BCUT2D eigenvalue weighted by atomic mass is 15.2. The van der Waals surface area contributed by atoms with Gasteiger partial charge in [-0.15, -0.1) is 0 Å². The molecule has 2 fully saturated rings. The number of nitrogens with one attached hydrogen (secondary N) is 1. The molecular weight excluding hydrogens is 238 g/mol. The Kier molecular flexibility index (Phi) is 3.44. The minimum Gasteiger partial charge on any atom is -0.370 e. The number of nitrogen functional groups attached to an aromatic ring is 1.